The number of ether oxygens (including phenoxy) is 1. The molecule has 26 heavy (non-hydrogen) atoms. The number of nitrogens with one attached hydrogen (secondary N) is 1. The summed E-state index contributed by atoms with van der Waals surface area (Å²) in [7, 11) is -3.29. The van der Waals surface area contributed by atoms with Crippen LogP contribution in [0.2, 0.25) is 0 Å². The first kappa shape index (κ1) is 20.4. The van der Waals surface area contributed by atoms with Gasteiger partial charge < -0.3 is 10.1 Å². The molecule has 1 aliphatic rings. The molecular formula is C18H26N2O5S. The molecule has 2 rings (SSSR count). The third kappa shape index (κ3) is 4.82. The average Bonchev–Trinajstić information content (AvgIpc) is 2.63. The lowest BCUT2D eigenvalue weighted by atomic mass is 9.98. The number of carbonyl (C=O) groups excluding carboxylic acids is 2. The molecule has 0 aromatic heterocycles. The van der Waals surface area contributed by atoms with Crippen LogP contribution in [0.15, 0.2) is 18.2 Å². The average molecular weight is 382 g/mol. The van der Waals surface area contributed by atoms with Gasteiger partial charge in [-0.15, -0.1) is 0 Å². The zero-order valence-electron chi connectivity index (χ0n) is 15.4. The number of esters is 1. The molecule has 144 valence electrons. The van der Waals surface area contributed by atoms with Crippen molar-refractivity contribution < 1.29 is 22.7 Å². The van der Waals surface area contributed by atoms with Crippen LogP contribution in [-0.4, -0.2) is 50.0 Å². The van der Waals surface area contributed by atoms with Crippen LogP contribution in [0.5, 0.6) is 0 Å². The Labute approximate surface area is 154 Å². The van der Waals surface area contributed by atoms with Gasteiger partial charge in [-0.2, -0.15) is 0 Å². The van der Waals surface area contributed by atoms with Crippen LogP contribution in [0.1, 0.15) is 42.6 Å². The summed E-state index contributed by atoms with van der Waals surface area (Å²) in [6.45, 7) is 6.12. The van der Waals surface area contributed by atoms with Crippen LogP contribution in [-0.2, 0) is 19.6 Å². The molecule has 0 unspecified atom stereocenters. The van der Waals surface area contributed by atoms with Gasteiger partial charge >= 0.3 is 5.97 Å². The molecule has 1 atom stereocenters. The Morgan fingerprint density at radius 1 is 1.31 bits per heavy atom. The van der Waals surface area contributed by atoms with Gasteiger partial charge in [0, 0.05) is 18.8 Å². The fourth-order valence-corrected chi connectivity index (χ4v) is 4.15. The minimum atomic E-state index is -3.29. The summed E-state index contributed by atoms with van der Waals surface area (Å²) in [5.74, 6) is -0.946. The number of aryl methyl sites for hydroxylation is 1. The number of sulfonamides is 1. The van der Waals surface area contributed by atoms with Gasteiger partial charge in [-0.25, -0.2) is 17.5 Å². The van der Waals surface area contributed by atoms with Crippen LogP contribution in [0, 0.1) is 12.8 Å². The Kier molecular flexibility index (Phi) is 6.77. The van der Waals surface area contributed by atoms with E-state index in [2.05, 4.69) is 5.32 Å². The highest BCUT2D eigenvalue weighted by Gasteiger charge is 2.31. The first-order valence-electron chi connectivity index (χ1n) is 8.85. The van der Waals surface area contributed by atoms with Crippen LogP contribution < -0.4 is 5.32 Å². The lowest BCUT2D eigenvalue weighted by molar-refractivity contribution is -0.120. The zero-order chi connectivity index (χ0) is 19.3. The Hall–Kier alpha value is -1.93. The van der Waals surface area contributed by atoms with Gasteiger partial charge in [0.05, 0.1) is 23.8 Å². The maximum Gasteiger partial charge on any atom is 0.338 e. The summed E-state index contributed by atoms with van der Waals surface area (Å²) in [6.07, 6.45) is 1.32. The maximum atomic E-state index is 12.6. The van der Waals surface area contributed by atoms with Gasteiger partial charge in [0.25, 0.3) is 0 Å². The number of nitrogens with zero attached hydrogens (tertiary/aromatic N) is 1. The van der Waals surface area contributed by atoms with E-state index in [1.165, 1.54) is 4.31 Å². The molecule has 1 fully saturated rings. The molecule has 1 heterocycles. The van der Waals surface area contributed by atoms with Crippen molar-refractivity contribution in [3.8, 4) is 0 Å². The molecule has 0 aliphatic carbocycles. The molecule has 1 aromatic rings. The molecule has 1 aliphatic heterocycles. The van der Waals surface area contributed by atoms with Gasteiger partial charge in [0.2, 0.25) is 15.9 Å². The van der Waals surface area contributed by atoms with Crippen molar-refractivity contribution in [1.82, 2.24) is 4.31 Å². The van der Waals surface area contributed by atoms with E-state index in [1.54, 1.807) is 39.0 Å². The lowest BCUT2D eigenvalue weighted by Crippen LogP contribution is -2.44. The van der Waals surface area contributed by atoms with Crippen molar-refractivity contribution in [2.75, 3.05) is 30.8 Å². The molecule has 0 spiro atoms. The summed E-state index contributed by atoms with van der Waals surface area (Å²) in [6, 6.07) is 4.94. The van der Waals surface area contributed by atoms with Crippen molar-refractivity contribution in [2.24, 2.45) is 5.92 Å². The van der Waals surface area contributed by atoms with E-state index in [4.69, 9.17) is 4.74 Å². The summed E-state index contributed by atoms with van der Waals surface area (Å²) in [5.41, 5.74) is 1.79. The van der Waals surface area contributed by atoms with E-state index in [0.717, 1.165) is 5.56 Å². The Morgan fingerprint density at radius 3 is 2.65 bits per heavy atom. The number of hydrogen-bond acceptors (Lipinski definition) is 5. The summed E-state index contributed by atoms with van der Waals surface area (Å²) in [4.78, 5) is 24.3. The van der Waals surface area contributed by atoms with Crippen molar-refractivity contribution >= 4 is 27.6 Å². The smallest absolute Gasteiger partial charge is 0.338 e. The number of hydrogen-bond donors (Lipinski definition) is 1. The second-order valence-corrected chi connectivity index (χ2v) is 8.59. The molecule has 7 nitrogen and oxygen atoms in total. The first-order valence-corrected chi connectivity index (χ1v) is 10.5. The predicted molar refractivity (Wildman–Crippen MR) is 99.5 cm³/mol. The first-order chi connectivity index (χ1) is 12.3. The maximum absolute atomic E-state index is 12.6. The molecule has 1 aromatic carbocycles. The highest BCUT2D eigenvalue weighted by molar-refractivity contribution is 7.89. The van der Waals surface area contributed by atoms with Gasteiger partial charge in [-0.3, -0.25) is 4.79 Å². The van der Waals surface area contributed by atoms with E-state index < -0.39 is 16.0 Å². The van der Waals surface area contributed by atoms with E-state index >= 15 is 0 Å². The standard InChI is InChI=1S/C18H26N2O5S/c1-4-25-18(22)14-8-9-16(13(3)11-14)19-17(21)15-7-6-10-20(12-15)26(23,24)5-2/h8-9,11,15H,4-7,10,12H2,1-3H3,(H,19,21)/t15-/m0/s1. The lowest BCUT2D eigenvalue weighted by Gasteiger charge is -2.31. The quantitative estimate of drug-likeness (QED) is 0.761. The normalized spacial score (nSPS) is 18.3. The van der Waals surface area contributed by atoms with Crippen molar-refractivity contribution in [2.45, 2.75) is 33.6 Å². The highest BCUT2D eigenvalue weighted by atomic mass is 32.2. The largest absolute Gasteiger partial charge is 0.462 e. The van der Waals surface area contributed by atoms with Crippen LogP contribution in [0.3, 0.4) is 0 Å². The second-order valence-electron chi connectivity index (χ2n) is 6.34. The Balaban J connectivity index is 2.06. The Bertz CT molecular complexity index is 776. The summed E-state index contributed by atoms with van der Waals surface area (Å²) >= 11 is 0. The van der Waals surface area contributed by atoms with E-state index in [-0.39, 0.29) is 24.1 Å². The number of piperidine rings is 1. The topological polar surface area (TPSA) is 92.8 Å². The summed E-state index contributed by atoms with van der Waals surface area (Å²) in [5, 5.41) is 2.86. The van der Waals surface area contributed by atoms with Crippen molar-refractivity contribution in [1.29, 1.82) is 0 Å². The van der Waals surface area contributed by atoms with E-state index in [0.29, 0.717) is 37.2 Å². The molecule has 1 amide bonds. The minimum Gasteiger partial charge on any atom is -0.462 e. The fraction of sp³-hybridized carbons (Fsp3) is 0.556. The van der Waals surface area contributed by atoms with Gasteiger partial charge in [0.15, 0.2) is 0 Å². The number of anilines is 1. The van der Waals surface area contributed by atoms with Gasteiger partial charge in [-0.1, -0.05) is 0 Å². The monoisotopic (exact) mass is 382 g/mol. The second kappa shape index (κ2) is 8.64. The summed E-state index contributed by atoms with van der Waals surface area (Å²) < 4.78 is 30.4. The Morgan fingerprint density at radius 2 is 2.04 bits per heavy atom. The molecule has 0 saturated carbocycles. The highest BCUT2D eigenvalue weighted by Crippen LogP contribution is 2.23. The number of amides is 1. The van der Waals surface area contributed by atoms with Gasteiger partial charge in [-0.05, 0) is 57.4 Å². The van der Waals surface area contributed by atoms with Crippen LogP contribution in [0.4, 0.5) is 5.69 Å². The minimum absolute atomic E-state index is 0.0375. The number of benzene rings is 1. The predicted octanol–water partition coefficient (Wildman–Crippen LogP) is 2.17. The third-order valence-electron chi connectivity index (χ3n) is 4.51. The third-order valence-corrected chi connectivity index (χ3v) is 6.36. The molecular weight excluding hydrogens is 356 g/mol. The van der Waals surface area contributed by atoms with E-state index in [1.807, 2.05) is 0 Å². The fourth-order valence-electron chi connectivity index (χ4n) is 2.97. The van der Waals surface area contributed by atoms with Crippen LogP contribution in [0.25, 0.3) is 0 Å². The number of carbonyl (C=O) groups is 2. The molecule has 1 saturated heterocycles. The molecule has 0 radical (unpaired) electrons. The van der Waals surface area contributed by atoms with Crippen LogP contribution >= 0.6 is 0 Å². The number of rotatable bonds is 6. The molecule has 0 bridgehead atoms. The van der Waals surface area contributed by atoms with E-state index in [9.17, 15) is 18.0 Å². The SMILES string of the molecule is CCOC(=O)c1ccc(NC(=O)[C@H]2CCCN(S(=O)(=O)CC)C2)c(C)c1. The van der Waals surface area contributed by atoms with Crippen molar-refractivity contribution in [3.63, 3.8) is 0 Å². The molecule has 8 heteroatoms. The van der Waals surface area contributed by atoms with Crippen molar-refractivity contribution in [3.05, 3.63) is 29.3 Å². The molecule has 1 N–H and O–H groups in total. The van der Waals surface area contributed by atoms with Gasteiger partial charge in [0.1, 0.15) is 0 Å². The zero-order valence-corrected chi connectivity index (χ0v) is 16.3.